The highest BCUT2D eigenvalue weighted by Gasteiger charge is 2.64. The van der Waals surface area contributed by atoms with E-state index in [-0.39, 0.29) is 0 Å². The summed E-state index contributed by atoms with van der Waals surface area (Å²) in [5.74, 6) is -4.13. The summed E-state index contributed by atoms with van der Waals surface area (Å²) in [7, 11) is 0. The predicted molar refractivity (Wildman–Crippen MR) is 439 cm³/mol. The third-order valence-electron chi connectivity index (χ3n) is 26.2. The number of hydrogen-bond acceptors (Lipinski definition) is 58. The van der Waals surface area contributed by atoms with Gasteiger partial charge in [0.05, 0.1) is 90.4 Å². The van der Waals surface area contributed by atoms with Gasteiger partial charge >= 0.3 is 0 Å². The molecule has 142 heavy (non-hydrogen) atoms. The molecule has 4 amide bonds. The lowest BCUT2D eigenvalue weighted by atomic mass is 9.93. The van der Waals surface area contributed by atoms with Gasteiger partial charge in [-0.3, -0.25) is 19.2 Å². The van der Waals surface area contributed by atoms with Crippen LogP contribution in [0.25, 0.3) is 0 Å². The maximum absolute atomic E-state index is 13.7. The van der Waals surface area contributed by atoms with Crippen LogP contribution in [0.2, 0.25) is 0 Å². The molecule has 824 valence electrons. The SMILES string of the molecule is CC(=O)N[C@H]1[C@H](OC[C@H]2O[C@@H](O[C@@H]([C@@H](O)[C@H](O)CO)[C@H](CO)NC(C)=O)[C@H](O[C@@H]3O[C@@H](C)[C@@H](O)[C@@H](O)[C@@H]3O)[C@@H](O[C@@H]3O[C@H](CO)[C@H](O)[C@H](O[C@H]4O[C@H](CO)[C@H](O)[C@H](O[C@H]5O[C@H](CO)[C@H](O)[C@H](O)[C@H]5O)[C@H]4NC(C)=O)[C@H]3O[C@@H]3O[C@@H](C)[C@@H](O)[C@@H](O)[C@@H]3O)[C@H]2O)O[C@H](CO)[C@@H](O[C@@H]2O[C@H](CO)[C@H](O)[C@H](O[C@H]3O[C@H](CO)[C@H](O)[C@H](O[C@H]4O[C@H](CO)[C@H](O)[C@H](O)[C@H]4O)[C@H]3NC(C)=O)[C@H]2O[C@@H]2O[C@@H](C)[C@@H](O)[C@@H](O)[C@@H]2O)[C@@H]1O. The van der Waals surface area contributed by atoms with E-state index in [1.54, 1.807) is 0 Å². The minimum Gasteiger partial charge on any atom is -0.394 e. The van der Waals surface area contributed by atoms with E-state index in [1.807, 2.05) is 0 Å². The first-order valence-corrected chi connectivity index (χ1v) is 45.7. The molecule has 36 N–H and O–H groups in total. The number of amides is 4. The molecule has 11 fully saturated rings. The Kier molecular flexibility index (Phi) is 42.9. The van der Waals surface area contributed by atoms with Crippen molar-refractivity contribution in [2.75, 3.05) is 66.1 Å². The van der Waals surface area contributed by atoms with Gasteiger partial charge < -0.3 is 289 Å². The van der Waals surface area contributed by atoms with Crippen LogP contribution in [0.1, 0.15) is 48.5 Å². The topological polar surface area (TPSA) is 967 Å². The average molecular weight is 2080 g/mol. The number of carbonyl (C=O) groups is 4. The van der Waals surface area contributed by atoms with Crippen molar-refractivity contribution in [1.82, 2.24) is 21.3 Å². The smallest absolute Gasteiger partial charge is 0.217 e. The third kappa shape index (κ3) is 26.2. The van der Waals surface area contributed by atoms with E-state index in [9.17, 15) is 183 Å². The predicted octanol–water partition coefficient (Wildman–Crippen LogP) is -23.9. The van der Waals surface area contributed by atoms with Crippen LogP contribution >= 0.6 is 0 Å². The van der Waals surface area contributed by atoms with E-state index >= 15 is 0 Å². The van der Waals surface area contributed by atoms with E-state index in [0.29, 0.717) is 0 Å². The molecule has 0 aliphatic carbocycles. The first kappa shape index (κ1) is 118. The summed E-state index contributed by atoms with van der Waals surface area (Å²) in [4.78, 5) is 53.4. The monoisotopic (exact) mass is 2080 g/mol. The van der Waals surface area contributed by atoms with E-state index in [4.69, 9.17) is 104 Å². The Labute approximate surface area is 805 Å². The Morgan fingerprint density at radius 3 is 0.859 bits per heavy atom. The molecule has 0 aromatic rings. The molecule has 0 saturated carbocycles. The summed E-state index contributed by atoms with van der Waals surface area (Å²) in [6.07, 6.45) is -122. The molecule has 11 rings (SSSR count). The van der Waals surface area contributed by atoms with Gasteiger partial charge in [-0.15, -0.1) is 0 Å². The van der Waals surface area contributed by atoms with Crippen LogP contribution < -0.4 is 21.3 Å². The van der Waals surface area contributed by atoms with Gasteiger partial charge in [-0.2, -0.15) is 0 Å². The average Bonchev–Trinajstić information content (AvgIpc) is 0.740. The normalized spacial score (nSPS) is 48.6. The van der Waals surface area contributed by atoms with Gasteiger partial charge in [-0.05, 0) is 20.8 Å². The molecule has 59 atom stereocenters. The van der Waals surface area contributed by atoms with Gasteiger partial charge in [-0.1, -0.05) is 0 Å². The molecule has 0 spiro atoms. The number of ether oxygens (including phenoxy) is 22. The molecular formula is C80H136N4O58. The fraction of sp³-hybridized carbons (Fsp3) is 0.950. The van der Waals surface area contributed by atoms with Gasteiger partial charge in [0.2, 0.25) is 23.6 Å². The van der Waals surface area contributed by atoms with E-state index in [2.05, 4.69) is 21.3 Å². The molecule has 11 aliphatic rings. The van der Waals surface area contributed by atoms with Crippen molar-refractivity contribution >= 4 is 23.6 Å². The second kappa shape index (κ2) is 51.7. The van der Waals surface area contributed by atoms with Crippen molar-refractivity contribution in [3.8, 4) is 0 Å². The molecular weight excluding hydrogens is 1940 g/mol. The molecule has 0 radical (unpaired) electrons. The minimum absolute atomic E-state index is 0.862. The molecule has 11 aliphatic heterocycles. The summed E-state index contributed by atoms with van der Waals surface area (Å²) < 4.78 is 136. The van der Waals surface area contributed by atoms with Crippen LogP contribution in [0.4, 0.5) is 0 Å². The van der Waals surface area contributed by atoms with Gasteiger partial charge in [0.25, 0.3) is 0 Å². The summed E-state index contributed by atoms with van der Waals surface area (Å²) in [6.45, 7) is -5.44. The molecule has 62 heteroatoms. The molecule has 62 nitrogen and oxygen atoms in total. The fourth-order valence-electron chi connectivity index (χ4n) is 18.3. The summed E-state index contributed by atoms with van der Waals surface area (Å²) in [6, 6.07) is -8.22. The van der Waals surface area contributed by atoms with Gasteiger partial charge in [0, 0.05) is 27.7 Å². The maximum atomic E-state index is 13.7. The number of aliphatic hydroxyl groups is 32. The van der Waals surface area contributed by atoms with Crippen molar-refractivity contribution in [3.63, 3.8) is 0 Å². The number of rotatable bonds is 39. The number of carbonyl (C=O) groups excluding carboxylic acids is 4. The third-order valence-corrected chi connectivity index (χ3v) is 26.2. The Bertz CT molecular complexity index is 3880. The Morgan fingerprint density at radius 2 is 0.521 bits per heavy atom. The molecule has 0 aromatic heterocycles. The number of nitrogens with one attached hydrogen (secondary N) is 4. The minimum atomic E-state index is -2.71. The van der Waals surface area contributed by atoms with Crippen LogP contribution in [0, 0.1) is 0 Å². The van der Waals surface area contributed by atoms with Gasteiger partial charge in [0.1, 0.15) is 268 Å². The highest BCUT2D eigenvalue weighted by Crippen LogP contribution is 2.44. The zero-order chi connectivity index (χ0) is 105. The van der Waals surface area contributed by atoms with Gasteiger partial charge in [-0.25, -0.2) is 0 Å². The zero-order valence-electron chi connectivity index (χ0n) is 77.1. The second-order valence-electron chi connectivity index (χ2n) is 36.3. The first-order chi connectivity index (χ1) is 67.1. The molecule has 0 aromatic carbocycles. The molecule has 0 unspecified atom stereocenters. The Morgan fingerprint density at radius 1 is 0.254 bits per heavy atom. The zero-order valence-corrected chi connectivity index (χ0v) is 77.1. The maximum Gasteiger partial charge on any atom is 0.217 e. The Hall–Kier alpha value is -4.28. The number of hydrogen-bond donors (Lipinski definition) is 36. The standard InChI is InChI=1S/C80H136N4O58/c1-18-38(99)50(111)55(116)73(122-18)140-67-64(137-71-36(83-23(6)96)62(44(105)29(12-89)125-71)135-76-58(119)53(114)42(103)27(10-87)127-76)46(107)31(14-91)129-78(67)134-61-33(16-93)131-70(35(49(61)110)82-22(5)95)121-17-34-48(109)66(69(142-75-57(118)52(113)40(101)20(3)124-75)80(132-34)133-60(41(102)26(98)9-86)25(8-85)81-21(4)94)139-79-68(141-74-56(117)51(112)39(100)19(2)123-74)65(47(108)32(15-92)130-79)138-72-37(84-24(7)97)63(45(106)30(13-90)126-72)136-77-59(120)54(115)43(104)28(11-88)128-77/h18-20,25-80,85-93,98-120H,8-17H2,1-7H3,(H,81,94)(H,82,95)(H,83,96)(H,84,97)/t18-,19-,20-,25-,26+,27+,28+,29+,30+,31+,32+,33+,34+,35+,36+,37+,38+,39+,40+,41-,42-,43-,44-,45-,46-,47-,48-,49+,50+,51+,52+,53-,54-,55-,56-,57-,58+,59+,60+,61+,62+,63+,64-,65-,66-,67+,68+,69+,70+,71+,72+,73-,74-,75-,76+,77+,78-,79-,80-/m0/s1. The van der Waals surface area contributed by atoms with Crippen LogP contribution in [-0.4, -0.2) is 615 Å². The van der Waals surface area contributed by atoms with Crippen molar-refractivity contribution < 1.29 is 287 Å². The van der Waals surface area contributed by atoms with E-state index in [1.165, 1.54) is 6.92 Å². The van der Waals surface area contributed by atoms with Crippen molar-refractivity contribution in [2.24, 2.45) is 0 Å². The summed E-state index contributed by atoms with van der Waals surface area (Å²) in [5.41, 5.74) is 0. The lowest BCUT2D eigenvalue weighted by Gasteiger charge is -2.52. The van der Waals surface area contributed by atoms with Crippen molar-refractivity contribution in [1.29, 1.82) is 0 Å². The quantitative estimate of drug-likeness (QED) is 0.0272. The first-order valence-electron chi connectivity index (χ1n) is 45.7. The Balaban J connectivity index is 1.00. The highest BCUT2D eigenvalue weighted by molar-refractivity contribution is 5.74. The number of aliphatic hydroxyl groups excluding tert-OH is 32. The van der Waals surface area contributed by atoms with Gasteiger partial charge in [0.15, 0.2) is 69.2 Å². The lowest BCUT2D eigenvalue weighted by Crippen LogP contribution is -2.71. The summed E-state index contributed by atoms with van der Waals surface area (Å²) in [5, 5.41) is 372. The van der Waals surface area contributed by atoms with E-state index < -0.39 is 452 Å². The summed E-state index contributed by atoms with van der Waals surface area (Å²) >= 11 is 0. The van der Waals surface area contributed by atoms with Crippen LogP contribution in [-0.2, 0) is 123 Å². The van der Waals surface area contributed by atoms with Crippen LogP contribution in [0.5, 0.6) is 0 Å². The van der Waals surface area contributed by atoms with E-state index in [0.717, 1.165) is 41.5 Å². The lowest BCUT2D eigenvalue weighted by molar-refractivity contribution is -0.417. The van der Waals surface area contributed by atoms with Crippen LogP contribution in [0.3, 0.4) is 0 Å². The van der Waals surface area contributed by atoms with Crippen LogP contribution in [0.15, 0.2) is 0 Å². The molecule has 11 heterocycles. The molecule has 11 saturated heterocycles. The van der Waals surface area contributed by atoms with Crippen molar-refractivity contribution in [3.05, 3.63) is 0 Å². The fourth-order valence-corrected chi connectivity index (χ4v) is 18.3. The molecule has 0 bridgehead atoms. The van der Waals surface area contributed by atoms with Crippen molar-refractivity contribution in [2.45, 2.75) is 410 Å². The largest absolute Gasteiger partial charge is 0.394 e. The second-order valence-corrected chi connectivity index (χ2v) is 36.3. The highest BCUT2D eigenvalue weighted by atomic mass is 16.8.